The molecule has 0 heterocycles. The minimum atomic E-state index is 0.860. The van der Waals surface area contributed by atoms with Crippen LogP contribution in [0, 0.1) is 0 Å². The monoisotopic (exact) mass is 231 g/mol. The number of aliphatic imine (C=N–C) groups is 1. The largest absolute Gasteiger partial charge is 0.293 e. The van der Waals surface area contributed by atoms with Gasteiger partial charge in [-0.25, -0.2) is 0 Å². The van der Waals surface area contributed by atoms with Gasteiger partial charge in [0, 0.05) is 12.8 Å². The molecular weight excluding hydrogens is 206 g/mol. The molecule has 0 atom stereocenters. The lowest BCUT2D eigenvalue weighted by Gasteiger charge is -2.23. The lowest BCUT2D eigenvalue weighted by atomic mass is 9.83. The van der Waals surface area contributed by atoms with Gasteiger partial charge in [-0.3, -0.25) is 4.99 Å². The Bertz CT molecular complexity index is 392. The first-order valence-electron chi connectivity index (χ1n) is 6.70. The summed E-state index contributed by atoms with van der Waals surface area (Å²) in [5.74, 6) is 0. The number of allylic oxidation sites excluding steroid dienone is 6. The molecule has 0 aliphatic heterocycles. The second-order valence-electron chi connectivity index (χ2n) is 4.56. The summed E-state index contributed by atoms with van der Waals surface area (Å²) in [7, 11) is 0. The Morgan fingerprint density at radius 1 is 1.18 bits per heavy atom. The maximum Gasteiger partial charge on any atom is 0.0361 e. The third kappa shape index (κ3) is 3.18. The van der Waals surface area contributed by atoms with E-state index >= 15 is 0 Å². The first kappa shape index (κ1) is 14.0. The van der Waals surface area contributed by atoms with E-state index in [9.17, 15) is 0 Å². The average Bonchev–Trinajstić information content (AvgIpc) is 2.35. The molecule has 94 valence electrons. The van der Waals surface area contributed by atoms with E-state index < -0.39 is 0 Å². The fraction of sp³-hybridized carbons (Fsp3) is 0.562. The maximum absolute atomic E-state index is 4.37. The van der Waals surface area contributed by atoms with Gasteiger partial charge in [0.25, 0.3) is 0 Å². The van der Waals surface area contributed by atoms with E-state index in [-0.39, 0.29) is 0 Å². The van der Waals surface area contributed by atoms with Crippen LogP contribution in [0.1, 0.15) is 53.9 Å². The van der Waals surface area contributed by atoms with E-state index in [0.717, 1.165) is 6.54 Å². The Morgan fingerprint density at radius 3 is 2.41 bits per heavy atom. The molecule has 0 spiro atoms. The molecule has 0 N–H and O–H groups in total. The maximum atomic E-state index is 4.37. The molecule has 0 aromatic carbocycles. The number of hydrogen-bond acceptors (Lipinski definition) is 1. The summed E-state index contributed by atoms with van der Waals surface area (Å²) in [6.07, 6.45) is 7.78. The van der Waals surface area contributed by atoms with Crippen LogP contribution in [0.3, 0.4) is 0 Å². The van der Waals surface area contributed by atoms with Crippen molar-refractivity contribution in [3.63, 3.8) is 0 Å². The zero-order valence-corrected chi connectivity index (χ0v) is 11.9. The summed E-state index contributed by atoms with van der Waals surface area (Å²) in [4.78, 5) is 4.37. The van der Waals surface area contributed by atoms with Crippen molar-refractivity contribution in [2.24, 2.45) is 4.99 Å². The molecule has 0 saturated carbocycles. The number of rotatable bonds is 4. The number of nitrogens with zero attached hydrogens (tertiary/aromatic N) is 1. The second kappa shape index (κ2) is 6.58. The van der Waals surface area contributed by atoms with Gasteiger partial charge in [0.1, 0.15) is 0 Å². The van der Waals surface area contributed by atoms with Gasteiger partial charge in [0.05, 0.1) is 0 Å². The molecule has 0 unspecified atom stereocenters. The highest BCUT2D eigenvalue weighted by atomic mass is 14.7. The van der Waals surface area contributed by atoms with Crippen LogP contribution >= 0.6 is 0 Å². The van der Waals surface area contributed by atoms with Gasteiger partial charge in [-0.15, -0.1) is 0 Å². The molecule has 0 bridgehead atoms. The van der Waals surface area contributed by atoms with Crippen LogP contribution in [-0.4, -0.2) is 12.8 Å². The van der Waals surface area contributed by atoms with Gasteiger partial charge in [0.15, 0.2) is 0 Å². The Labute approximate surface area is 106 Å². The summed E-state index contributed by atoms with van der Waals surface area (Å²) in [6.45, 7) is 11.8. The third-order valence-corrected chi connectivity index (χ3v) is 3.72. The van der Waals surface area contributed by atoms with Gasteiger partial charge < -0.3 is 0 Å². The van der Waals surface area contributed by atoms with E-state index in [1.165, 1.54) is 41.6 Å². The van der Waals surface area contributed by atoms with Gasteiger partial charge in [-0.1, -0.05) is 18.6 Å². The highest BCUT2D eigenvalue weighted by Gasteiger charge is 2.16. The molecule has 17 heavy (non-hydrogen) atoms. The second-order valence-corrected chi connectivity index (χ2v) is 4.56. The quantitative estimate of drug-likeness (QED) is 0.613. The van der Waals surface area contributed by atoms with E-state index in [0.29, 0.717) is 0 Å². The Balaban J connectivity index is 3.10. The van der Waals surface area contributed by atoms with Crippen molar-refractivity contribution in [1.29, 1.82) is 0 Å². The molecule has 0 radical (unpaired) electrons. The molecular formula is C16H25N. The van der Waals surface area contributed by atoms with Crippen LogP contribution in [-0.2, 0) is 0 Å². The summed E-state index contributed by atoms with van der Waals surface area (Å²) in [5, 5.41) is 0. The van der Waals surface area contributed by atoms with Gasteiger partial charge in [-0.2, -0.15) is 0 Å². The lowest BCUT2D eigenvalue weighted by Crippen LogP contribution is -2.05. The molecule has 1 aliphatic carbocycles. The van der Waals surface area contributed by atoms with Gasteiger partial charge >= 0.3 is 0 Å². The van der Waals surface area contributed by atoms with Crippen molar-refractivity contribution in [1.82, 2.24) is 0 Å². The third-order valence-electron chi connectivity index (χ3n) is 3.72. The van der Waals surface area contributed by atoms with Crippen molar-refractivity contribution in [3.05, 3.63) is 33.9 Å². The summed E-state index contributed by atoms with van der Waals surface area (Å²) >= 11 is 0. The SMILES string of the molecule is C/C=C(\C=NCC)C1=C(C)C(C)=C(CC)CC1. The van der Waals surface area contributed by atoms with Crippen molar-refractivity contribution in [2.75, 3.05) is 6.54 Å². The summed E-state index contributed by atoms with van der Waals surface area (Å²) < 4.78 is 0. The van der Waals surface area contributed by atoms with Crippen LogP contribution in [0.2, 0.25) is 0 Å². The zero-order valence-electron chi connectivity index (χ0n) is 11.9. The number of hydrogen-bond donors (Lipinski definition) is 0. The molecule has 0 amide bonds. The van der Waals surface area contributed by atoms with Gasteiger partial charge in [0.2, 0.25) is 0 Å². The minimum Gasteiger partial charge on any atom is -0.293 e. The molecule has 0 saturated heterocycles. The fourth-order valence-electron chi connectivity index (χ4n) is 2.46. The summed E-state index contributed by atoms with van der Waals surface area (Å²) in [6, 6.07) is 0. The van der Waals surface area contributed by atoms with Crippen LogP contribution in [0.15, 0.2) is 38.9 Å². The normalized spacial score (nSPS) is 18.5. The zero-order chi connectivity index (χ0) is 12.8. The van der Waals surface area contributed by atoms with E-state index in [1.54, 1.807) is 5.57 Å². The molecule has 1 heteroatoms. The Hall–Kier alpha value is -1.11. The van der Waals surface area contributed by atoms with Crippen LogP contribution in [0.5, 0.6) is 0 Å². The highest BCUT2D eigenvalue weighted by Crippen LogP contribution is 2.34. The van der Waals surface area contributed by atoms with Crippen LogP contribution < -0.4 is 0 Å². The predicted molar refractivity (Wildman–Crippen MR) is 77.7 cm³/mol. The standard InChI is InChI=1S/C16H25N/c1-6-14-9-10-16(13(5)12(14)4)15(7-2)11-17-8-3/h7,11H,6,8-10H2,1-5H3/b15-7+,17-11?. The van der Waals surface area contributed by atoms with Crippen molar-refractivity contribution in [2.45, 2.75) is 53.9 Å². The minimum absolute atomic E-state index is 0.860. The lowest BCUT2D eigenvalue weighted by molar-refractivity contribution is 0.832. The van der Waals surface area contributed by atoms with E-state index in [1.807, 2.05) is 6.21 Å². The van der Waals surface area contributed by atoms with Crippen molar-refractivity contribution in [3.8, 4) is 0 Å². The van der Waals surface area contributed by atoms with E-state index in [4.69, 9.17) is 0 Å². The van der Waals surface area contributed by atoms with Crippen molar-refractivity contribution >= 4 is 6.21 Å². The smallest absolute Gasteiger partial charge is 0.0361 e. The average molecular weight is 231 g/mol. The fourth-order valence-corrected chi connectivity index (χ4v) is 2.46. The van der Waals surface area contributed by atoms with Gasteiger partial charge in [-0.05, 0) is 69.2 Å². The van der Waals surface area contributed by atoms with E-state index in [2.05, 4.69) is 45.7 Å². The predicted octanol–water partition coefficient (Wildman–Crippen LogP) is 4.86. The summed E-state index contributed by atoms with van der Waals surface area (Å²) in [5.41, 5.74) is 7.37. The molecule has 0 fully saturated rings. The van der Waals surface area contributed by atoms with Crippen LogP contribution in [0.25, 0.3) is 0 Å². The first-order valence-corrected chi connectivity index (χ1v) is 6.70. The Morgan fingerprint density at radius 2 is 1.88 bits per heavy atom. The molecule has 1 rings (SSSR count). The molecule has 1 nitrogen and oxygen atoms in total. The topological polar surface area (TPSA) is 12.4 Å². The highest BCUT2D eigenvalue weighted by molar-refractivity contribution is 5.85. The van der Waals surface area contributed by atoms with Crippen LogP contribution in [0.4, 0.5) is 0 Å². The van der Waals surface area contributed by atoms with Crippen molar-refractivity contribution < 1.29 is 0 Å². The molecule has 0 aromatic heterocycles. The Kier molecular flexibility index (Phi) is 5.40. The molecule has 1 aliphatic rings. The first-order chi connectivity index (χ1) is 8.15. The molecule has 0 aromatic rings.